The number of allylic oxidation sites excluding steroid dienone is 8. The highest BCUT2D eigenvalue weighted by molar-refractivity contribution is 5.72. The molecule has 0 bridgehead atoms. The van der Waals surface area contributed by atoms with Crippen LogP contribution in [0.4, 0.5) is 0 Å². The molecule has 0 saturated heterocycles. The van der Waals surface area contributed by atoms with E-state index >= 15 is 0 Å². The molecule has 0 aliphatic carbocycles. The summed E-state index contributed by atoms with van der Waals surface area (Å²) in [4.78, 5) is 36.6. The van der Waals surface area contributed by atoms with Crippen molar-refractivity contribution in [2.45, 2.75) is 129 Å². The molecule has 2 atom stereocenters. The second kappa shape index (κ2) is 28.7. The van der Waals surface area contributed by atoms with E-state index in [0.717, 1.165) is 83.5 Å². The molecule has 8 nitrogen and oxygen atoms in total. The zero-order valence-electron chi connectivity index (χ0n) is 29.1. The fourth-order valence-electron chi connectivity index (χ4n) is 4.58. The molecule has 0 fully saturated rings. The number of carbonyl (C=O) groups excluding carboxylic acids is 2. The number of likely N-dealkylation sites (N-methyl/N-ethyl adjacent to an activating group) is 1. The highest BCUT2D eigenvalue weighted by Crippen LogP contribution is 2.12. The fourth-order valence-corrected chi connectivity index (χ4v) is 4.58. The van der Waals surface area contributed by atoms with E-state index in [1.54, 1.807) is 0 Å². The van der Waals surface area contributed by atoms with Gasteiger partial charge in [-0.25, -0.2) is 4.79 Å². The molecule has 0 radical (unpaired) electrons. The van der Waals surface area contributed by atoms with Gasteiger partial charge in [0.15, 0.2) is 12.1 Å². The Balaban J connectivity index is 4.55. The fraction of sp³-hybridized carbons (Fsp3) is 0.703. The molecule has 8 heteroatoms. The Morgan fingerprint density at radius 2 is 1.18 bits per heavy atom. The summed E-state index contributed by atoms with van der Waals surface area (Å²) in [6, 6.07) is -0.620. The van der Waals surface area contributed by atoms with Crippen molar-refractivity contribution in [1.82, 2.24) is 0 Å². The summed E-state index contributed by atoms with van der Waals surface area (Å²) in [7, 11) is 5.48. The first-order valence-electron chi connectivity index (χ1n) is 17.2. The third kappa shape index (κ3) is 27.3. The molecule has 0 aromatic rings. The normalized spacial score (nSPS) is 13.7. The first-order chi connectivity index (χ1) is 21.6. The van der Waals surface area contributed by atoms with Crippen LogP contribution in [0.15, 0.2) is 48.6 Å². The van der Waals surface area contributed by atoms with Crippen LogP contribution in [0.25, 0.3) is 0 Å². The number of hydrogen-bond acceptors (Lipinski definition) is 6. The topological polar surface area (TPSA) is 99.1 Å². The maximum absolute atomic E-state index is 12.6. The number of rotatable bonds is 29. The molecule has 0 rings (SSSR count). The van der Waals surface area contributed by atoms with Gasteiger partial charge >= 0.3 is 17.9 Å². The minimum Gasteiger partial charge on any atom is -0.477 e. The van der Waals surface area contributed by atoms with Crippen LogP contribution in [-0.4, -0.2) is 80.6 Å². The molecule has 0 saturated carbocycles. The van der Waals surface area contributed by atoms with Gasteiger partial charge in [-0.3, -0.25) is 9.59 Å². The van der Waals surface area contributed by atoms with Crippen molar-refractivity contribution >= 4 is 17.9 Å². The number of quaternary nitrogens is 1. The van der Waals surface area contributed by atoms with Crippen molar-refractivity contribution in [3.63, 3.8) is 0 Å². The van der Waals surface area contributed by atoms with Gasteiger partial charge in [-0.1, -0.05) is 81.7 Å². The van der Waals surface area contributed by atoms with E-state index in [4.69, 9.17) is 14.2 Å². The molecule has 45 heavy (non-hydrogen) atoms. The summed E-state index contributed by atoms with van der Waals surface area (Å²) in [6.07, 6.45) is 30.3. The van der Waals surface area contributed by atoms with Crippen molar-refractivity contribution in [3.05, 3.63) is 48.6 Å². The van der Waals surface area contributed by atoms with E-state index < -0.39 is 18.1 Å². The standard InChI is InChI=1S/C37H63NO7/c1-6-8-10-12-14-16-17-18-20-22-24-26-28-36(40)45-33(31-43-30-29-34(37(41)42)38(3,4)5)32-44-35(39)27-25-23-21-19-15-13-11-9-7-2/h8-11,14-16,19,33-34H,6-7,12-13,17-18,20-32H2,1-5H3/p+1/b10-8+,11-9+,16-14+,19-15+. The van der Waals surface area contributed by atoms with Gasteiger partial charge in [-0.15, -0.1) is 0 Å². The molecule has 0 aliphatic rings. The van der Waals surface area contributed by atoms with E-state index in [1.165, 1.54) is 0 Å². The number of carboxylic acids is 1. The molecule has 0 amide bonds. The number of carboxylic acid groups (broad SMARTS) is 1. The van der Waals surface area contributed by atoms with Gasteiger partial charge < -0.3 is 23.8 Å². The second-order valence-electron chi connectivity index (χ2n) is 12.4. The van der Waals surface area contributed by atoms with Crippen LogP contribution in [0.5, 0.6) is 0 Å². The Labute approximate surface area is 274 Å². The predicted octanol–water partition coefficient (Wildman–Crippen LogP) is 8.12. The number of unbranched alkanes of at least 4 members (excludes halogenated alkanes) is 7. The molecule has 0 aliphatic heterocycles. The zero-order valence-corrected chi connectivity index (χ0v) is 29.1. The maximum atomic E-state index is 12.6. The van der Waals surface area contributed by atoms with Gasteiger partial charge in [-0.05, 0) is 64.2 Å². The molecule has 0 aromatic carbocycles. The van der Waals surface area contributed by atoms with Gasteiger partial charge in [0.05, 0.1) is 34.4 Å². The average Bonchev–Trinajstić information content (AvgIpc) is 2.98. The molecule has 258 valence electrons. The van der Waals surface area contributed by atoms with Crippen LogP contribution in [0, 0.1) is 0 Å². The van der Waals surface area contributed by atoms with Crippen LogP contribution in [-0.2, 0) is 28.6 Å². The van der Waals surface area contributed by atoms with Crippen LogP contribution in [0.2, 0.25) is 0 Å². The summed E-state index contributed by atoms with van der Waals surface area (Å²) >= 11 is 0. The molecular weight excluding hydrogens is 570 g/mol. The van der Waals surface area contributed by atoms with E-state index in [2.05, 4.69) is 62.5 Å². The van der Waals surface area contributed by atoms with Gasteiger partial charge in [-0.2, -0.15) is 0 Å². The van der Waals surface area contributed by atoms with Gasteiger partial charge in [0.1, 0.15) is 6.61 Å². The Morgan fingerprint density at radius 3 is 1.76 bits per heavy atom. The first kappa shape index (κ1) is 42.3. The Hall–Kier alpha value is -2.71. The van der Waals surface area contributed by atoms with E-state index in [9.17, 15) is 19.5 Å². The number of hydrogen-bond donors (Lipinski definition) is 1. The predicted molar refractivity (Wildman–Crippen MR) is 183 cm³/mol. The Bertz CT molecular complexity index is 886. The van der Waals surface area contributed by atoms with E-state index in [-0.39, 0.29) is 36.2 Å². The quantitative estimate of drug-likeness (QED) is 0.0384. The molecule has 0 heterocycles. The number of nitrogens with zero attached hydrogens (tertiary/aromatic N) is 1. The van der Waals surface area contributed by atoms with Crippen molar-refractivity contribution in [1.29, 1.82) is 0 Å². The average molecular weight is 635 g/mol. The Kier molecular flexibility index (Phi) is 27.0. The summed E-state index contributed by atoms with van der Waals surface area (Å²) in [6.45, 7) is 4.41. The third-order valence-electron chi connectivity index (χ3n) is 7.22. The lowest BCUT2D eigenvalue weighted by molar-refractivity contribution is -0.887. The lowest BCUT2D eigenvalue weighted by Crippen LogP contribution is -2.50. The molecule has 0 spiro atoms. The minimum atomic E-state index is -0.886. The number of aliphatic carboxylic acids is 1. The Morgan fingerprint density at radius 1 is 0.667 bits per heavy atom. The monoisotopic (exact) mass is 634 g/mol. The minimum absolute atomic E-state index is 0.0432. The van der Waals surface area contributed by atoms with Crippen LogP contribution < -0.4 is 0 Å². The molecule has 1 N–H and O–H groups in total. The lowest BCUT2D eigenvalue weighted by atomic mass is 10.1. The van der Waals surface area contributed by atoms with Crippen molar-refractivity contribution in [2.24, 2.45) is 0 Å². The molecule has 0 aromatic heterocycles. The van der Waals surface area contributed by atoms with Crippen LogP contribution in [0.1, 0.15) is 117 Å². The van der Waals surface area contributed by atoms with Gasteiger partial charge in [0.25, 0.3) is 0 Å². The summed E-state index contributed by atoms with van der Waals surface area (Å²) in [5, 5.41) is 9.55. The van der Waals surface area contributed by atoms with Crippen LogP contribution in [0.3, 0.4) is 0 Å². The number of esters is 2. The highest BCUT2D eigenvalue weighted by Gasteiger charge is 2.31. The molecular formula is C37H64NO7+. The smallest absolute Gasteiger partial charge is 0.362 e. The van der Waals surface area contributed by atoms with E-state index in [1.807, 2.05) is 21.1 Å². The largest absolute Gasteiger partial charge is 0.477 e. The summed E-state index contributed by atoms with van der Waals surface area (Å²) in [5.41, 5.74) is 0. The summed E-state index contributed by atoms with van der Waals surface area (Å²) in [5.74, 6) is -1.55. The lowest BCUT2D eigenvalue weighted by Gasteiger charge is -2.31. The summed E-state index contributed by atoms with van der Waals surface area (Å²) < 4.78 is 17.1. The second-order valence-corrected chi connectivity index (χ2v) is 12.4. The van der Waals surface area contributed by atoms with E-state index in [0.29, 0.717) is 19.3 Å². The van der Waals surface area contributed by atoms with Gasteiger partial charge in [0, 0.05) is 19.3 Å². The molecule has 2 unspecified atom stereocenters. The van der Waals surface area contributed by atoms with Crippen LogP contribution >= 0.6 is 0 Å². The first-order valence-corrected chi connectivity index (χ1v) is 17.2. The SMILES string of the molecule is CC/C=C/C/C=C/CCCCCCCC(=O)OC(COCCC(C(=O)O)[N+](C)(C)C)COC(=O)CCCC/C=C/C/C=C/CC. The van der Waals surface area contributed by atoms with Crippen molar-refractivity contribution < 1.29 is 38.2 Å². The van der Waals surface area contributed by atoms with Crippen molar-refractivity contribution in [2.75, 3.05) is 41.0 Å². The highest BCUT2D eigenvalue weighted by atomic mass is 16.6. The van der Waals surface area contributed by atoms with Crippen molar-refractivity contribution in [3.8, 4) is 0 Å². The van der Waals surface area contributed by atoms with Gasteiger partial charge in [0.2, 0.25) is 0 Å². The zero-order chi connectivity index (χ0) is 33.6. The number of carbonyl (C=O) groups is 3. The number of ether oxygens (including phenoxy) is 3. The maximum Gasteiger partial charge on any atom is 0.362 e. The third-order valence-corrected chi connectivity index (χ3v) is 7.22.